The van der Waals surface area contributed by atoms with E-state index in [1.807, 2.05) is 0 Å². The normalized spacial score (nSPS) is 11.2. The number of nitrogens with zero attached hydrogens (tertiary/aromatic N) is 1. The van der Waals surface area contributed by atoms with E-state index in [0.717, 1.165) is 37.2 Å². The monoisotopic (exact) mass is 170 g/mol. The Kier molecular flexibility index (Phi) is 5.79. The molecular weight excluding hydrogens is 150 g/mol. The Morgan fingerprint density at radius 2 is 2.00 bits per heavy atom. The van der Waals surface area contributed by atoms with Crippen LogP contribution >= 0.6 is 0 Å². The average Bonchev–Trinajstić information content (AvgIpc) is 1.98. The summed E-state index contributed by atoms with van der Waals surface area (Å²) in [5, 5.41) is 0. The molecule has 0 aliphatic carbocycles. The van der Waals surface area contributed by atoms with Gasteiger partial charge < -0.3 is 9.22 Å². The molecule has 0 aromatic heterocycles. The number of likely N-dealkylation sites (N-methyl/N-ethyl adjacent to an activating group) is 1. The Bertz CT molecular complexity index is 146. The van der Waals surface area contributed by atoms with Crippen LogP contribution < -0.4 is 0 Å². The highest BCUT2D eigenvalue weighted by Crippen LogP contribution is 1.95. The molecule has 2 nitrogen and oxygen atoms in total. The number of hydrogen-bond acceptors (Lipinski definition) is 1. The SMILES string of the molecule is C#CC[N+](C)(C)CCOCCC. The first-order chi connectivity index (χ1) is 5.62. The van der Waals surface area contributed by atoms with E-state index >= 15 is 0 Å². The minimum absolute atomic E-state index is 0.773. The molecule has 2 heteroatoms. The first-order valence-corrected chi connectivity index (χ1v) is 4.45. The summed E-state index contributed by atoms with van der Waals surface area (Å²) in [6.45, 7) is 5.54. The van der Waals surface area contributed by atoms with E-state index in [-0.39, 0.29) is 0 Å². The molecule has 0 aliphatic heterocycles. The van der Waals surface area contributed by atoms with Gasteiger partial charge in [0.05, 0.1) is 20.7 Å². The standard InChI is InChI=1S/C10H20NO/c1-5-7-11(3,4)8-10-12-9-6-2/h1H,6-10H2,2-4H3/q+1. The Balaban J connectivity index is 3.42. The quantitative estimate of drug-likeness (QED) is 0.330. The summed E-state index contributed by atoms with van der Waals surface area (Å²) in [7, 11) is 4.24. The number of hydrogen-bond donors (Lipinski definition) is 0. The van der Waals surface area contributed by atoms with E-state index in [9.17, 15) is 0 Å². The maximum absolute atomic E-state index is 5.38. The van der Waals surface area contributed by atoms with E-state index in [1.165, 1.54) is 0 Å². The van der Waals surface area contributed by atoms with Crippen LogP contribution in [0.15, 0.2) is 0 Å². The zero-order valence-electron chi connectivity index (χ0n) is 8.47. The van der Waals surface area contributed by atoms with Crippen molar-refractivity contribution in [2.24, 2.45) is 0 Å². The van der Waals surface area contributed by atoms with E-state index in [4.69, 9.17) is 11.2 Å². The van der Waals surface area contributed by atoms with Crippen LogP contribution in [-0.2, 0) is 4.74 Å². The van der Waals surface area contributed by atoms with E-state index in [2.05, 4.69) is 26.9 Å². The molecule has 0 amide bonds. The van der Waals surface area contributed by atoms with Gasteiger partial charge >= 0.3 is 0 Å². The highest BCUT2D eigenvalue weighted by atomic mass is 16.5. The fourth-order valence-corrected chi connectivity index (χ4v) is 0.884. The molecule has 0 heterocycles. The number of terminal acetylenes is 1. The Morgan fingerprint density at radius 3 is 2.50 bits per heavy atom. The summed E-state index contributed by atoms with van der Waals surface area (Å²) in [6.07, 6.45) is 6.32. The van der Waals surface area contributed by atoms with Crippen LogP contribution in [-0.4, -0.2) is 44.9 Å². The van der Waals surface area contributed by atoms with Crippen LogP contribution in [0.2, 0.25) is 0 Å². The molecule has 12 heavy (non-hydrogen) atoms. The van der Waals surface area contributed by atoms with Gasteiger partial charge in [-0.15, -0.1) is 6.42 Å². The highest BCUT2D eigenvalue weighted by Gasteiger charge is 2.11. The molecule has 0 bridgehead atoms. The first-order valence-electron chi connectivity index (χ1n) is 4.45. The second-order valence-electron chi connectivity index (χ2n) is 3.63. The lowest BCUT2D eigenvalue weighted by molar-refractivity contribution is -0.883. The average molecular weight is 170 g/mol. The maximum atomic E-state index is 5.38. The topological polar surface area (TPSA) is 9.23 Å². The van der Waals surface area contributed by atoms with Crippen LogP contribution in [0.25, 0.3) is 0 Å². The van der Waals surface area contributed by atoms with Crippen molar-refractivity contribution in [2.75, 3.05) is 40.4 Å². The van der Waals surface area contributed by atoms with Gasteiger partial charge in [-0.2, -0.15) is 0 Å². The summed E-state index contributed by atoms with van der Waals surface area (Å²) >= 11 is 0. The van der Waals surface area contributed by atoms with Gasteiger partial charge in [0.25, 0.3) is 0 Å². The molecule has 0 aromatic rings. The van der Waals surface area contributed by atoms with Crippen molar-refractivity contribution in [1.82, 2.24) is 0 Å². The van der Waals surface area contributed by atoms with Gasteiger partial charge in [-0.25, -0.2) is 0 Å². The largest absolute Gasteiger partial charge is 0.376 e. The van der Waals surface area contributed by atoms with Gasteiger partial charge in [-0.1, -0.05) is 6.92 Å². The van der Waals surface area contributed by atoms with Gasteiger partial charge in [0.15, 0.2) is 0 Å². The zero-order valence-corrected chi connectivity index (χ0v) is 8.47. The van der Waals surface area contributed by atoms with Crippen molar-refractivity contribution in [2.45, 2.75) is 13.3 Å². The number of rotatable bonds is 6. The van der Waals surface area contributed by atoms with Gasteiger partial charge in [0.2, 0.25) is 0 Å². The van der Waals surface area contributed by atoms with Gasteiger partial charge in [-0.05, 0) is 12.3 Å². The van der Waals surface area contributed by atoms with Gasteiger partial charge in [-0.3, -0.25) is 0 Å². The van der Waals surface area contributed by atoms with Crippen molar-refractivity contribution in [3.05, 3.63) is 0 Å². The van der Waals surface area contributed by atoms with Gasteiger partial charge in [0, 0.05) is 6.61 Å². The second kappa shape index (κ2) is 6.05. The Hall–Kier alpha value is -0.520. The summed E-state index contributed by atoms with van der Waals surface area (Å²) in [5.41, 5.74) is 0. The molecule has 0 saturated heterocycles. The Labute approximate surface area is 76.1 Å². The van der Waals surface area contributed by atoms with Crippen molar-refractivity contribution in [3.63, 3.8) is 0 Å². The second-order valence-corrected chi connectivity index (χ2v) is 3.63. The van der Waals surface area contributed by atoms with E-state index in [1.54, 1.807) is 0 Å². The third kappa shape index (κ3) is 6.21. The molecule has 0 aromatic carbocycles. The minimum Gasteiger partial charge on any atom is -0.376 e. The molecule has 0 atom stereocenters. The van der Waals surface area contributed by atoms with Crippen molar-refractivity contribution < 1.29 is 9.22 Å². The molecule has 0 N–H and O–H groups in total. The molecule has 0 rings (SSSR count). The lowest BCUT2D eigenvalue weighted by Crippen LogP contribution is -2.42. The third-order valence-electron chi connectivity index (χ3n) is 1.71. The third-order valence-corrected chi connectivity index (χ3v) is 1.71. The first kappa shape index (κ1) is 11.5. The molecule has 0 fully saturated rings. The van der Waals surface area contributed by atoms with Crippen molar-refractivity contribution in [3.8, 4) is 12.3 Å². The molecule has 0 aliphatic rings. The fourth-order valence-electron chi connectivity index (χ4n) is 0.884. The number of ether oxygens (including phenoxy) is 1. The summed E-state index contributed by atoms with van der Waals surface area (Å²) in [5.74, 6) is 2.67. The molecule has 0 unspecified atom stereocenters. The molecular formula is C10H20NO+. The minimum atomic E-state index is 0.773. The van der Waals surface area contributed by atoms with Crippen LogP contribution in [0.1, 0.15) is 13.3 Å². The highest BCUT2D eigenvalue weighted by molar-refractivity contribution is 4.83. The lowest BCUT2D eigenvalue weighted by atomic mass is 10.4. The predicted octanol–water partition coefficient (Wildman–Crippen LogP) is 1.12. The maximum Gasteiger partial charge on any atom is 0.140 e. The predicted molar refractivity (Wildman–Crippen MR) is 51.8 cm³/mol. The van der Waals surface area contributed by atoms with E-state index < -0.39 is 0 Å². The summed E-state index contributed by atoms with van der Waals surface area (Å²) in [4.78, 5) is 0. The van der Waals surface area contributed by atoms with Crippen molar-refractivity contribution >= 4 is 0 Å². The smallest absolute Gasteiger partial charge is 0.140 e. The summed E-state index contributed by atoms with van der Waals surface area (Å²) < 4.78 is 6.23. The molecule has 0 saturated carbocycles. The summed E-state index contributed by atoms with van der Waals surface area (Å²) in [6, 6.07) is 0. The zero-order chi connectivity index (χ0) is 9.45. The molecule has 0 spiro atoms. The fraction of sp³-hybridized carbons (Fsp3) is 0.800. The molecule has 0 radical (unpaired) electrons. The van der Waals surface area contributed by atoms with Crippen LogP contribution in [0, 0.1) is 12.3 Å². The van der Waals surface area contributed by atoms with Gasteiger partial charge in [0.1, 0.15) is 13.1 Å². The van der Waals surface area contributed by atoms with Crippen molar-refractivity contribution in [1.29, 1.82) is 0 Å². The Morgan fingerprint density at radius 1 is 1.33 bits per heavy atom. The van der Waals surface area contributed by atoms with Crippen LogP contribution in [0.5, 0.6) is 0 Å². The van der Waals surface area contributed by atoms with Crippen LogP contribution in [0.4, 0.5) is 0 Å². The van der Waals surface area contributed by atoms with Crippen LogP contribution in [0.3, 0.4) is 0 Å². The van der Waals surface area contributed by atoms with E-state index in [0.29, 0.717) is 0 Å². The molecule has 70 valence electrons. The lowest BCUT2D eigenvalue weighted by Gasteiger charge is -2.26. The number of quaternary nitrogens is 1.